The van der Waals surface area contributed by atoms with Crippen LogP contribution in [0.3, 0.4) is 0 Å². The summed E-state index contributed by atoms with van der Waals surface area (Å²) < 4.78 is 44.9. The topological polar surface area (TPSA) is 192 Å². The summed E-state index contributed by atoms with van der Waals surface area (Å²) >= 11 is 0. The molecule has 1 aromatic carbocycles. The summed E-state index contributed by atoms with van der Waals surface area (Å²) in [6.07, 6.45) is 0.815. The summed E-state index contributed by atoms with van der Waals surface area (Å²) in [5.41, 5.74) is -0.968. The highest BCUT2D eigenvalue weighted by atomic mass is 16.6. The van der Waals surface area contributed by atoms with Crippen LogP contribution in [0.25, 0.3) is 11.5 Å². The molecule has 3 aromatic rings. The van der Waals surface area contributed by atoms with Crippen molar-refractivity contribution in [1.29, 1.82) is 0 Å². The predicted molar refractivity (Wildman–Crippen MR) is 164 cm³/mol. The summed E-state index contributed by atoms with van der Waals surface area (Å²) in [6.45, 7) is 8.02. The van der Waals surface area contributed by atoms with Crippen molar-refractivity contribution in [3.63, 3.8) is 0 Å². The fourth-order valence-electron chi connectivity index (χ4n) is 3.97. The van der Waals surface area contributed by atoms with Crippen LogP contribution in [0, 0.1) is 5.92 Å². The Morgan fingerprint density at radius 1 is 1.09 bits per heavy atom. The third-order valence-corrected chi connectivity index (χ3v) is 6.17. The molecule has 1 atom stereocenters. The maximum atomic E-state index is 12.9. The Hall–Kier alpha value is -4.79. The molecule has 0 unspecified atom stereocenters. The van der Waals surface area contributed by atoms with Gasteiger partial charge < -0.3 is 40.0 Å². The van der Waals surface area contributed by atoms with Crippen molar-refractivity contribution in [2.24, 2.45) is 5.92 Å². The Balaban J connectivity index is 1.67. The first kappa shape index (κ1) is 29.0. The lowest BCUT2D eigenvalue weighted by atomic mass is 10.1. The van der Waals surface area contributed by atoms with Crippen LogP contribution in [0.15, 0.2) is 28.8 Å². The lowest BCUT2D eigenvalue weighted by Gasteiger charge is -2.25. The van der Waals surface area contributed by atoms with Crippen molar-refractivity contribution in [2.45, 2.75) is 71.6 Å². The number of carbonyl (C=O) groups is 3. The summed E-state index contributed by atoms with van der Waals surface area (Å²) in [4.78, 5) is 42.4. The SMILES string of the molecule is [2H]C([2H])([2H])NC(=O)c1nnc(NC(=O)C2CC2)cc1Nc1cccc(-c2nc([C@H](COC(C)(C)C)NC(=O)OC(C)(C)C)no2)c1OC. The average Bonchev–Trinajstić information content (AvgIpc) is 3.70. The number of anilines is 3. The van der Waals surface area contributed by atoms with E-state index in [0.717, 1.165) is 12.8 Å². The number of benzene rings is 1. The molecule has 1 aliphatic carbocycles. The van der Waals surface area contributed by atoms with Crippen molar-refractivity contribution < 1.29 is 37.2 Å². The van der Waals surface area contributed by atoms with Gasteiger partial charge >= 0.3 is 6.09 Å². The smallest absolute Gasteiger partial charge is 0.408 e. The zero-order valence-electron chi connectivity index (χ0n) is 29.2. The quantitative estimate of drug-likeness (QED) is 0.235. The molecule has 1 saturated carbocycles. The van der Waals surface area contributed by atoms with Crippen LogP contribution in [0.5, 0.6) is 5.75 Å². The van der Waals surface area contributed by atoms with Gasteiger partial charge in [0.1, 0.15) is 11.6 Å². The first-order valence-electron chi connectivity index (χ1n) is 15.7. The number of methoxy groups -OCH3 is 1. The number of alkyl carbamates (subject to hydrolysis) is 1. The molecular formula is C30H40N8O7. The molecule has 4 N–H and O–H groups in total. The summed E-state index contributed by atoms with van der Waals surface area (Å²) in [5, 5.41) is 22.2. The molecule has 2 heterocycles. The Bertz CT molecular complexity index is 1650. The van der Waals surface area contributed by atoms with Gasteiger partial charge in [-0.25, -0.2) is 4.79 Å². The van der Waals surface area contributed by atoms with E-state index in [9.17, 15) is 14.4 Å². The van der Waals surface area contributed by atoms with E-state index >= 15 is 0 Å². The molecule has 0 saturated heterocycles. The van der Waals surface area contributed by atoms with Crippen molar-refractivity contribution in [2.75, 3.05) is 31.3 Å². The van der Waals surface area contributed by atoms with E-state index < -0.39 is 36.2 Å². The predicted octanol–water partition coefficient (Wildman–Crippen LogP) is 4.37. The highest BCUT2D eigenvalue weighted by Gasteiger charge is 2.31. The third-order valence-electron chi connectivity index (χ3n) is 6.17. The van der Waals surface area contributed by atoms with E-state index in [1.54, 1.807) is 39.0 Å². The molecule has 1 aliphatic rings. The number of aromatic nitrogens is 4. The van der Waals surface area contributed by atoms with Gasteiger partial charge in [0.05, 0.1) is 36.3 Å². The number of para-hydroxylation sites is 1. The molecule has 0 radical (unpaired) electrons. The number of carbonyl (C=O) groups excluding carboxylic acids is 3. The number of nitrogens with zero attached hydrogens (tertiary/aromatic N) is 4. The Labute approximate surface area is 265 Å². The minimum Gasteiger partial charge on any atom is -0.494 e. The summed E-state index contributed by atoms with van der Waals surface area (Å²) in [6, 6.07) is 5.45. The van der Waals surface area contributed by atoms with Crippen LogP contribution in [-0.2, 0) is 14.3 Å². The maximum Gasteiger partial charge on any atom is 0.408 e. The second-order valence-corrected chi connectivity index (χ2v) is 12.3. The number of nitrogens with one attached hydrogen (secondary N) is 4. The molecule has 1 fully saturated rings. The fraction of sp³-hybridized carbons (Fsp3) is 0.500. The molecule has 4 rings (SSSR count). The van der Waals surface area contributed by atoms with Crippen LogP contribution >= 0.6 is 0 Å². The molecule has 15 heteroatoms. The van der Waals surface area contributed by atoms with Gasteiger partial charge in [-0.2, -0.15) is 4.98 Å². The zero-order chi connectivity index (χ0) is 35.4. The largest absolute Gasteiger partial charge is 0.494 e. The minimum atomic E-state index is -2.80. The van der Waals surface area contributed by atoms with Gasteiger partial charge in [0.25, 0.3) is 11.8 Å². The van der Waals surface area contributed by atoms with Gasteiger partial charge in [-0.05, 0) is 66.5 Å². The van der Waals surface area contributed by atoms with E-state index in [2.05, 4.69) is 36.3 Å². The lowest BCUT2D eigenvalue weighted by Crippen LogP contribution is -2.38. The van der Waals surface area contributed by atoms with Crippen molar-refractivity contribution in [1.82, 2.24) is 31.0 Å². The molecule has 3 amide bonds. The van der Waals surface area contributed by atoms with Crippen LogP contribution in [-0.4, -0.2) is 70.1 Å². The lowest BCUT2D eigenvalue weighted by molar-refractivity contribution is -0.117. The average molecular weight is 628 g/mol. The Morgan fingerprint density at radius 3 is 2.49 bits per heavy atom. The van der Waals surface area contributed by atoms with Crippen LogP contribution in [0.4, 0.5) is 22.0 Å². The molecule has 0 aliphatic heterocycles. The zero-order valence-corrected chi connectivity index (χ0v) is 26.2. The van der Waals surface area contributed by atoms with E-state index in [1.165, 1.54) is 13.2 Å². The van der Waals surface area contributed by atoms with Gasteiger partial charge in [-0.15, -0.1) is 10.2 Å². The molecule has 0 bridgehead atoms. The second-order valence-electron chi connectivity index (χ2n) is 12.3. The molecule has 0 spiro atoms. The van der Waals surface area contributed by atoms with Gasteiger partial charge in [0.15, 0.2) is 23.1 Å². The normalized spacial score (nSPS) is 15.1. The number of rotatable bonds is 11. The maximum absolute atomic E-state index is 12.9. The highest BCUT2D eigenvalue weighted by Crippen LogP contribution is 2.38. The molecule has 2 aromatic heterocycles. The van der Waals surface area contributed by atoms with Crippen molar-refractivity contribution in [3.8, 4) is 17.2 Å². The van der Waals surface area contributed by atoms with E-state index in [1.807, 2.05) is 26.1 Å². The highest BCUT2D eigenvalue weighted by molar-refractivity contribution is 6.00. The van der Waals surface area contributed by atoms with Gasteiger partial charge in [-0.1, -0.05) is 11.2 Å². The third kappa shape index (κ3) is 9.11. The molecule has 15 nitrogen and oxygen atoms in total. The Morgan fingerprint density at radius 2 is 1.84 bits per heavy atom. The number of hydrogen-bond acceptors (Lipinski definition) is 12. The van der Waals surface area contributed by atoms with E-state index in [0.29, 0.717) is 11.3 Å². The van der Waals surface area contributed by atoms with E-state index in [-0.39, 0.29) is 53.1 Å². The summed E-state index contributed by atoms with van der Waals surface area (Å²) in [7, 11) is 1.40. The number of amides is 3. The summed E-state index contributed by atoms with van der Waals surface area (Å²) in [5.74, 6) is -0.995. The van der Waals surface area contributed by atoms with Crippen LogP contribution in [0.1, 0.15) is 80.9 Å². The van der Waals surface area contributed by atoms with E-state index in [4.69, 9.17) is 22.8 Å². The molecule has 242 valence electrons. The van der Waals surface area contributed by atoms with Crippen molar-refractivity contribution in [3.05, 3.63) is 35.8 Å². The first-order valence-corrected chi connectivity index (χ1v) is 14.2. The van der Waals surface area contributed by atoms with Gasteiger partial charge in [-0.3, -0.25) is 9.59 Å². The van der Waals surface area contributed by atoms with Gasteiger partial charge in [0.2, 0.25) is 5.91 Å². The van der Waals surface area contributed by atoms with Crippen molar-refractivity contribution >= 4 is 35.1 Å². The van der Waals surface area contributed by atoms with Crippen LogP contribution < -0.4 is 26.0 Å². The standard InChI is InChI=1S/C30H40N8O7/c1-29(2,3)43-15-20(33-28(41)44-30(4,5)6)24-35-27(45-38-24)17-10-9-11-18(23(17)42-8)32-19-14-21(34-25(39)16-12-13-16)36-37-22(19)26(40)31-7/h9-11,14,16,20H,12-13,15H2,1-8H3,(H,31,40)(H,33,41)(H2,32,34,36,39)/t20-/m0/s1/i7D3. The monoisotopic (exact) mass is 627 g/mol. The fourth-order valence-corrected chi connectivity index (χ4v) is 3.97. The first-order chi connectivity index (χ1) is 22.3. The number of ether oxygens (including phenoxy) is 3. The number of hydrogen-bond donors (Lipinski definition) is 4. The second kappa shape index (κ2) is 13.5. The van der Waals surface area contributed by atoms with Crippen LogP contribution in [0.2, 0.25) is 0 Å². The Kier molecular flexibility index (Phi) is 8.66. The van der Waals surface area contributed by atoms with Gasteiger partial charge in [0, 0.05) is 23.1 Å². The molecule has 45 heavy (non-hydrogen) atoms. The minimum absolute atomic E-state index is 0.0101. The molecular weight excluding hydrogens is 584 g/mol.